The molecule has 0 saturated heterocycles. The Morgan fingerprint density at radius 1 is 1.38 bits per heavy atom. The molecule has 0 amide bonds. The van der Waals surface area contributed by atoms with Crippen LogP contribution in [0.1, 0.15) is 0 Å². The normalized spacial score (nSPS) is 10.5. The van der Waals surface area contributed by atoms with Crippen LogP contribution < -0.4 is 11.2 Å². The van der Waals surface area contributed by atoms with Gasteiger partial charge < -0.3 is 10.2 Å². The van der Waals surface area contributed by atoms with Gasteiger partial charge in [-0.05, 0) is 12.1 Å². The molecule has 0 aliphatic rings. The summed E-state index contributed by atoms with van der Waals surface area (Å²) in [6, 6.07) is 3.70. The van der Waals surface area contributed by atoms with Crippen LogP contribution in [0.2, 0.25) is 0 Å². The van der Waals surface area contributed by atoms with Crippen molar-refractivity contribution in [3.05, 3.63) is 40.5 Å². The third kappa shape index (κ3) is 1.16. The lowest BCUT2D eigenvalue weighted by Gasteiger charge is -1.96. The van der Waals surface area contributed by atoms with E-state index in [0.29, 0.717) is 5.39 Å². The van der Waals surface area contributed by atoms with Gasteiger partial charge in [-0.1, -0.05) is 0 Å². The van der Waals surface area contributed by atoms with Gasteiger partial charge in [-0.25, -0.2) is 4.39 Å². The van der Waals surface area contributed by atoms with Crippen LogP contribution in [0.25, 0.3) is 11.0 Å². The summed E-state index contributed by atoms with van der Waals surface area (Å²) in [6.07, 6.45) is 1.12. The molecule has 0 aliphatic heterocycles. The zero-order valence-corrected chi connectivity index (χ0v) is 6.58. The second kappa shape index (κ2) is 2.58. The summed E-state index contributed by atoms with van der Waals surface area (Å²) in [4.78, 5) is 11.3. The summed E-state index contributed by atoms with van der Waals surface area (Å²) in [5.41, 5.74) is 5.23. The Morgan fingerprint density at radius 2 is 2.15 bits per heavy atom. The molecule has 0 unspecified atom stereocenters. The lowest BCUT2D eigenvalue weighted by molar-refractivity contribution is 0.590. The summed E-state index contributed by atoms with van der Waals surface area (Å²) in [5.74, 6) is -0.444. The summed E-state index contributed by atoms with van der Waals surface area (Å²) in [7, 11) is 0. The minimum atomic E-state index is -0.444. The minimum Gasteiger partial charge on any atom is -0.462 e. The van der Waals surface area contributed by atoms with Gasteiger partial charge in [-0.15, -0.1) is 0 Å². The van der Waals surface area contributed by atoms with Gasteiger partial charge in [0, 0.05) is 6.07 Å². The molecule has 0 atom stereocenters. The highest BCUT2D eigenvalue weighted by atomic mass is 19.1. The molecule has 2 N–H and O–H groups in total. The van der Waals surface area contributed by atoms with Crippen molar-refractivity contribution in [2.75, 3.05) is 5.73 Å². The van der Waals surface area contributed by atoms with E-state index in [1.807, 2.05) is 0 Å². The van der Waals surface area contributed by atoms with Crippen LogP contribution in [-0.4, -0.2) is 0 Å². The van der Waals surface area contributed by atoms with Gasteiger partial charge in [0.1, 0.15) is 23.4 Å². The number of halogens is 1. The quantitative estimate of drug-likeness (QED) is 0.666. The average Bonchev–Trinajstić information content (AvgIpc) is 2.12. The van der Waals surface area contributed by atoms with Crippen molar-refractivity contribution in [2.24, 2.45) is 0 Å². The molecule has 0 radical (unpaired) electrons. The van der Waals surface area contributed by atoms with E-state index < -0.39 is 5.82 Å². The van der Waals surface area contributed by atoms with Crippen LogP contribution in [0, 0.1) is 5.82 Å². The predicted molar refractivity (Wildman–Crippen MR) is 46.9 cm³/mol. The van der Waals surface area contributed by atoms with Gasteiger partial charge in [-0.3, -0.25) is 4.79 Å². The second-order valence-corrected chi connectivity index (χ2v) is 2.66. The smallest absolute Gasteiger partial charge is 0.215 e. The van der Waals surface area contributed by atoms with Crippen molar-refractivity contribution in [3.63, 3.8) is 0 Å². The standard InChI is InChI=1S/C9H6FNO2/c10-5-1-2-6-8(3-5)13-4-7(11)9(6)12/h1-4H,11H2. The van der Waals surface area contributed by atoms with Crippen LogP contribution in [0.4, 0.5) is 10.1 Å². The van der Waals surface area contributed by atoms with Crippen molar-refractivity contribution in [2.45, 2.75) is 0 Å². The topological polar surface area (TPSA) is 56.2 Å². The number of rotatable bonds is 0. The van der Waals surface area contributed by atoms with E-state index in [-0.39, 0.29) is 16.7 Å². The fourth-order valence-corrected chi connectivity index (χ4v) is 1.12. The van der Waals surface area contributed by atoms with E-state index in [9.17, 15) is 9.18 Å². The number of nitrogen functional groups attached to an aromatic ring is 1. The van der Waals surface area contributed by atoms with Crippen molar-refractivity contribution in [1.29, 1.82) is 0 Å². The van der Waals surface area contributed by atoms with Crippen molar-refractivity contribution >= 4 is 16.7 Å². The zero-order valence-electron chi connectivity index (χ0n) is 6.58. The number of hydrogen-bond donors (Lipinski definition) is 1. The van der Waals surface area contributed by atoms with E-state index in [4.69, 9.17) is 10.2 Å². The number of hydrogen-bond acceptors (Lipinski definition) is 3. The van der Waals surface area contributed by atoms with Gasteiger partial charge in [0.15, 0.2) is 0 Å². The molecule has 0 aliphatic carbocycles. The summed E-state index contributed by atoms with van der Waals surface area (Å²) < 4.78 is 17.6. The Kier molecular flexibility index (Phi) is 1.55. The maximum absolute atomic E-state index is 12.7. The largest absolute Gasteiger partial charge is 0.462 e. The molecule has 4 heteroatoms. The average molecular weight is 179 g/mol. The SMILES string of the molecule is Nc1coc2cc(F)ccc2c1=O. The molecule has 0 spiro atoms. The molecule has 13 heavy (non-hydrogen) atoms. The van der Waals surface area contributed by atoms with Gasteiger partial charge in [0.05, 0.1) is 5.39 Å². The monoisotopic (exact) mass is 179 g/mol. The van der Waals surface area contributed by atoms with Crippen molar-refractivity contribution in [1.82, 2.24) is 0 Å². The van der Waals surface area contributed by atoms with Crippen LogP contribution in [0.15, 0.2) is 33.7 Å². The zero-order chi connectivity index (χ0) is 9.42. The molecule has 0 saturated carbocycles. The molecule has 3 nitrogen and oxygen atoms in total. The van der Waals surface area contributed by atoms with Gasteiger partial charge in [0.2, 0.25) is 5.43 Å². The van der Waals surface area contributed by atoms with E-state index >= 15 is 0 Å². The highest BCUT2D eigenvalue weighted by Gasteiger charge is 2.04. The lowest BCUT2D eigenvalue weighted by Crippen LogP contribution is -2.07. The highest BCUT2D eigenvalue weighted by molar-refractivity contribution is 5.78. The Bertz CT molecular complexity index is 518. The molecule has 0 bridgehead atoms. The fraction of sp³-hybridized carbons (Fsp3) is 0. The molecular weight excluding hydrogens is 173 g/mol. The maximum atomic E-state index is 12.7. The molecule has 1 aromatic carbocycles. The second-order valence-electron chi connectivity index (χ2n) is 2.66. The lowest BCUT2D eigenvalue weighted by atomic mass is 10.2. The summed E-state index contributed by atoms with van der Waals surface area (Å²) >= 11 is 0. The number of anilines is 1. The van der Waals surface area contributed by atoms with Gasteiger partial charge in [-0.2, -0.15) is 0 Å². The highest BCUT2D eigenvalue weighted by Crippen LogP contribution is 2.13. The third-order valence-electron chi connectivity index (χ3n) is 1.76. The van der Waals surface area contributed by atoms with Crippen molar-refractivity contribution in [3.8, 4) is 0 Å². The molecule has 1 aromatic heterocycles. The van der Waals surface area contributed by atoms with Crippen LogP contribution in [0.3, 0.4) is 0 Å². The molecule has 0 fully saturated rings. The first-order valence-corrected chi connectivity index (χ1v) is 3.65. The minimum absolute atomic E-state index is 0.0270. The summed E-state index contributed by atoms with van der Waals surface area (Å²) in [6.45, 7) is 0. The summed E-state index contributed by atoms with van der Waals surface area (Å²) in [5, 5.41) is 0.293. The Hall–Kier alpha value is -1.84. The molecule has 1 heterocycles. The van der Waals surface area contributed by atoms with Gasteiger partial charge in [0.25, 0.3) is 0 Å². The number of fused-ring (bicyclic) bond motifs is 1. The van der Waals surface area contributed by atoms with Crippen LogP contribution in [0.5, 0.6) is 0 Å². The van der Waals surface area contributed by atoms with Gasteiger partial charge >= 0.3 is 0 Å². The first-order valence-electron chi connectivity index (χ1n) is 3.65. The van der Waals surface area contributed by atoms with E-state index in [1.54, 1.807) is 0 Å². The first-order chi connectivity index (χ1) is 6.18. The maximum Gasteiger partial charge on any atom is 0.215 e. The fourth-order valence-electron chi connectivity index (χ4n) is 1.12. The molecule has 66 valence electrons. The van der Waals surface area contributed by atoms with E-state index in [1.165, 1.54) is 12.1 Å². The molecule has 2 aromatic rings. The first kappa shape index (κ1) is 7.79. The molecular formula is C9H6FNO2. The van der Waals surface area contributed by atoms with Crippen molar-refractivity contribution < 1.29 is 8.81 Å². The van der Waals surface area contributed by atoms with Crippen LogP contribution >= 0.6 is 0 Å². The third-order valence-corrected chi connectivity index (χ3v) is 1.76. The Balaban J connectivity index is 2.95. The van der Waals surface area contributed by atoms with E-state index in [2.05, 4.69) is 0 Å². The number of nitrogens with two attached hydrogens (primary N) is 1. The predicted octanol–water partition coefficient (Wildman–Crippen LogP) is 1.51. The Labute approximate surface area is 72.6 Å². The Morgan fingerprint density at radius 3 is 2.92 bits per heavy atom. The van der Waals surface area contributed by atoms with E-state index in [0.717, 1.165) is 12.3 Å². The molecule has 2 rings (SSSR count). The number of benzene rings is 1. The van der Waals surface area contributed by atoms with Crippen LogP contribution in [-0.2, 0) is 0 Å².